The highest BCUT2D eigenvalue weighted by atomic mass is 32.2. The maximum absolute atomic E-state index is 11.8. The van der Waals surface area contributed by atoms with Gasteiger partial charge in [0.05, 0.1) is 5.69 Å². The predicted octanol–water partition coefficient (Wildman–Crippen LogP) is 1.14. The molecule has 1 aromatic carbocycles. The molecule has 20 heavy (non-hydrogen) atoms. The third-order valence-electron chi connectivity index (χ3n) is 2.98. The van der Waals surface area contributed by atoms with Crippen molar-refractivity contribution in [2.24, 2.45) is 0 Å². The third-order valence-corrected chi connectivity index (χ3v) is 4.44. The highest BCUT2D eigenvalue weighted by Crippen LogP contribution is 2.18. The maximum atomic E-state index is 11.8. The van der Waals surface area contributed by atoms with Crippen molar-refractivity contribution in [1.82, 2.24) is 9.21 Å². The lowest BCUT2D eigenvalue weighted by Gasteiger charge is -2.30. The standard InChI is InChI=1S/C12H18N4O3S/c1-15(2)20(18,19)14-11-6-3-5-10(9-11)13-12(17)16-7-4-8-16/h3,5-6,9,14H,4,7-8H2,1-2H3,(H,13,17). The van der Waals surface area contributed by atoms with Gasteiger partial charge < -0.3 is 10.2 Å². The second kappa shape index (κ2) is 5.68. The number of anilines is 2. The third kappa shape index (κ3) is 3.40. The lowest BCUT2D eigenvalue weighted by Crippen LogP contribution is -2.44. The molecule has 2 N–H and O–H groups in total. The summed E-state index contributed by atoms with van der Waals surface area (Å²) in [4.78, 5) is 13.5. The Morgan fingerprint density at radius 1 is 1.25 bits per heavy atom. The zero-order valence-corrected chi connectivity index (χ0v) is 12.3. The van der Waals surface area contributed by atoms with E-state index >= 15 is 0 Å². The monoisotopic (exact) mass is 298 g/mol. The second-order valence-electron chi connectivity index (χ2n) is 4.74. The SMILES string of the molecule is CN(C)S(=O)(=O)Nc1cccc(NC(=O)N2CCC2)c1. The van der Waals surface area contributed by atoms with Gasteiger partial charge in [-0.1, -0.05) is 6.07 Å². The molecule has 1 fully saturated rings. The van der Waals surface area contributed by atoms with Crippen LogP contribution in [0.25, 0.3) is 0 Å². The Morgan fingerprint density at radius 2 is 1.90 bits per heavy atom. The summed E-state index contributed by atoms with van der Waals surface area (Å²) >= 11 is 0. The molecule has 1 aliphatic heterocycles. The van der Waals surface area contributed by atoms with Gasteiger partial charge in [-0.3, -0.25) is 4.72 Å². The summed E-state index contributed by atoms with van der Waals surface area (Å²) in [6, 6.07) is 6.44. The van der Waals surface area contributed by atoms with Crippen LogP contribution in [0.2, 0.25) is 0 Å². The highest BCUT2D eigenvalue weighted by Gasteiger charge is 2.20. The van der Waals surface area contributed by atoms with E-state index < -0.39 is 10.2 Å². The normalized spacial score (nSPS) is 14.8. The summed E-state index contributed by atoms with van der Waals surface area (Å²) < 4.78 is 26.9. The quantitative estimate of drug-likeness (QED) is 0.874. The fourth-order valence-electron chi connectivity index (χ4n) is 1.62. The Hall–Kier alpha value is -1.80. The summed E-state index contributed by atoms with van der Waals surface area (Å²) in [5, 5.41) is 2.74. The van der Waals surface area contributed by atoms with Crippen LogP contribution in [0.3, 0.4) is 0 Å². The molecule has 0 radical (unpaired) electrons. The van der Waals surface area contributed by atoms with Gasteiger partial charge in [0.15, 0.2) is 0 Å². The first kappa shape index (κ1) is 14.6. The van der Waals surface area contributed by atoms with Gasteiger partial charge in [-0.25, -0.2) is 4.79 Å². The lowest BCUT2D eigenvalue weighted by atomic mass is 10.2. The minimum atomic E-state index is -3.55. The summed E-state index contributed by atoms with van der Waals surface area (Å²) in [7, 11) is -0.661. The number of hydrogen-bond donors (Lipinski definition) is 2. The van der Waals surface area contributed by atoms with Crippen molar-refractivity contribution >= 4 is 27.6 Å². The van der Waals surface area contributed by atoms with Gasteiger partial charge in [0.25, 0.3) is 0 Å². The van der Waals surface area contributed by atoms with Gasteiger partial charge in [-0.05, 0) is 24.6 Å². The smallest absolute Gasteiger partial charge is 0.321 e. The van der Waals surface area contributed by atoms with Crippen LogP contribution in [0.15, 0.2) is 24.3 Å². The Kier molecular flexibility index (Phi) is 4.15. The molecule has 1 heterocycles. The van der Waals surface area contributed by atoms with E-state index in [1.807, 2.05) is 0 Å². The average molecular weight is 298 g/mol. The van der Waals surface area contributed by atoms with Gasteiger partial charge >= 0.3 is 16.2 Å². The Bertz CT molecular complexity index is 596. The number of rotatable bonds is 4. The van der Waals surface area contributed by atoms with E-state index in [2.05, 4.69) is 10.0 Å². The van der Waals surface area contributed by atoms with Crippen LogP contribution >= 0.6 is 0 Å². The number of likely N-dealkylation sites (tertiary alicyclic amines) is 1. The van der Waals surface area contributed by atoms with Crippen molar-refractivity contribution in [2.45, 2.75) is 6.42 Å². The highest BCUT2D eigenvalue weighted by molar-refractivity contribution is 7.90. The van der Waals surface area contributed by atoms with Crippen molar-refractivity contribution in [3.8, 4) is 0 Å². The van der Waals surface area contributed by atoms with Gasteiger partial charge in [0, 0.05) is 32.9 Å². The Balaban J connectivity index is 2.06. The van der Waals surface area contributed by atoms with Crippen molar-refractivity contribution in [3.05, 3.63) is 24.3 Å². The molecule has 0 aromatic heterocycles. The number of hydrogen-bond acceptors (Lipinski definition) is 3. The number of urea groups is 1. The molecule has 2 amide bonds. The molecule has 0 atom stereocenters. The van der Waals surface area contributed by atoms with E-state index in [-0.39, 0.29) is 6.03 Å². The molecule has 7 nitrogen and oxygen atoms in total. The fraction of sp³-hybridized carbons (Fsp3) is 0.417. The van der Waals surface area contributed by atoms with E-state index in [0.29, 0.717) is 11.4 Å². The minimum absolute atomic E-state index is 0.163. The average Bonchev–Trinajstić information content (AvgIpc) is 2.25. The van der Waals surface area contributed by atoms with E-state index in [1.54, 1.807) is 29.2 Å². The summed E-state index contributed by atoms with van der Waals surface area (Å²) in [6.45, 7) is 1.53. The summed E-state index contributed by atoms with van der Waals surface area (Å²) in [6.07, 6.45) is 1.02. The van der Waals surface area contributed by atoms with Crippen molar-refractivity contribution in [2.75, 3.05) is 37.2 Å². The first-order chi connectivity index (χ1) is 9.38. The summed E-state index contributed by atoms with van der Waals surface area (Å²) in [5.41, 5.74) is 0.959. The molecule has 1 aromatic rings. The molecule has 0 bridgehead atoms. The zero-order valence-electron chi connectivity index (χ0n) is 11.5. The molecule has 110 valence electrons. The van der Waals surface area contributed by atoms with Crippen molar-refractivity contribution in [3.63, 3.8) is 0 Å². The van der Waals surface area contributed by atoms with Crippen LogP contribution in [0, 0.1) is 0 Å². The van der Waals surface area contributed by atoms with Crippen molar-refractivity contribution in [1.29, 1.82) is 0 Å². The van der Waals surface area contributed by atoms with E-state index in [9.17, 15) is 13.2 Å². The van der Waals surface area contributed by atoms with Crippen LogP contribution in [-0.2, 0) is 10.2 Å². The molecule has 0 spiro atoms. The first-order valence-corrected chi connectivity index (χ1v) is 7.69. The van der Waals surface area contributed by atoms with Gasteiger partial charge in [-0.15, -0.1) is 0 Å². The van der Waals surface area contributed by atoms with Crippen molar-refractivity contribution < 1.29 is 13.2 Å². The van der Waals surface area contributed by atoms with Crippen LogP contribution < -0.4 is 10.0 Å². The number of carbonyl (C=O) groups is 1. The number of benzene rings is 1. The number of amides is 2. The molecule has 2 rings (SSSR count). The largest absolute Gasteiger partial charge is 0.324 e. The lowest BCUT2D eigenvalue weighted by molar-refractivity contribution is 0.181. The van der Waals surface area contributed by atoms with E-state index in [4.69, 9.17) is 0 Å². The van der Waals surface area contributed by atoms with Crippen LogP contribution in [-0.4, -0.2) is 50.8 Å². The number of carbonyl (C=O) groups excluding carboxylic acids is 1. The molecule has 8 heteroatoms. The first-order valence-electron chi connectivity index (χ1n) is 6.25. The van der Waals surface area contributed by atoms with Crippen LogP contribution in [0.1, 0.15) is 6.42 Å². The maximum Gasteiger partial charge on any atom is 0.321 e. The molecule has 0 saturated carbocycles. The van der Waals surface area contributed by atoms with Gasteiger partial charge in [0.2, 0.25) is 0 Å². The van der Waals surface area contributed by atoms with E-state index in [1.165, 1.54) is 14.1 Å². The molecule has 0 unspecified atom stereocenters. The molecule has 0 aliphatic carbocycles. The second-order valence-corrected chi connectivity index (χ2v) is 6.63. The fourth-order valence-corrected chi connectivity index (χ4v) is 2.23. The van der Waals surface area contributed by atoms with Gasteiger partial charge in [-0.2, -0.15) is 12.7 Å². The number of nitrogens with one attached hydrogen (secondary N) is 2. The van der Waals surface area contributed by atoms with Gasteiger partial charge in [0.1, 0.15) is 0 Å². The predicted molar refractivity (Wildman–Crippen MR) is 77.9 cm³/mol. The zero-order chi connectivity index (χ0) is 14.8. The van der Waals surface area contributed by atoms with Crippen LogP contribution in [0.4, 0.5) is 16.2 Å². The summed E-state index contributed by atoms with van der Waals surface area (Å²) in [5.74, 6) is 0. The Labute approximate surface area is 118 Å². The topological polar surface area (TPSA) is 81.8 Å². The molecular weight excluding hydrogens is 280 g/mol. The minimum Gasteiger partial charge on any atom is -0.324 e. The molecule has 1 saturated heterocycles. The Morgan fingerprint density at radius 3 is 2.45 bits per heavy atom. The molecular formula is C12H18N4O3S. The van der Waals surface area contributed by atoms with E-state index in [0.717, 1.165) is 23.8 Å². The molecule has 1 aliphatic rings. The van der Waals surface area contributed by atoms with Crippen LogP contribution in [0.5, 0.6) is 0 Å². The number of nitrogens with zero attached hydrogens (tertiary/aromatic N) is 2.